The van der Waals surface area contributed by atoms with Gasteiger partial charge < -0.3 is 14.6 Å². The van der Waals surface area contributed by atoms with Gasteiger partial charge in [0.15, 0.2) is 9.84 Å². The second-order valence-electron chi connectivity index (χ2n) is 8.47. The van der Waals surface area contributed by atoms with Crippen LogP contribution in [0.25, 0.3) is 6.08 Å². The van der Waals surface area contributed by atoms with Crippen molar-refractivity contribution in [1.82, 2.24) is 14.9 Å². The smallest absolute Gasteiger partial charge is 0.248 e. The molecule has 0 unspecified atom stereocenters. The largest absolute Gasteiger partial charge is 0.487 e. The molecule has 1 aromatic heterocycles. The van der Waals surface area contributed by atoms with E-state index in [1.165, 1.54) is 30.0 Å². The number of hydrogen-bond donors (Lipinski definition) is 1. The standard InChI is InChI=1S/C27H30FN3O4S/c1-21(30-27(32)15-10-23-6-11-24(28)12-7-23)19-35-25-13-8-22(9-14-25)5-3-4-17-31-18-16-29-26(31)20-36(2,33)34/h6-16,18H,1,3-5,17,19-20H2,2H3,(H,30,32)/b15-10+. The van der Waals surface area contributed by atoms with E-state index in [9.17, 15) is 17.6 Å². The highest BCUT2D eigenvalue weighted by Gasteiger charge is 2.10. The monoisotopic (exact) mass is 511 g/mol. The predicted octanol–water partition coefficient (Wildman–Crippen LogP) is 4.31. The molecule has 1 amide bonds. The molecule has 3 rings (SSSR count). The van der Waals surface area contributed by atoms with Crippen LogP contribution in [0.4, 0.5) is 4.39 Å². The maximum absolute atomic E-state index is 12.9. The van der Waals surface area contributed by atoms with Gasteiger partial charge in [-0.1, -0.05) is 30.8 Å². The number of carbonyl (C=O) groups excluding carboxylic acids is 1. The number of benzene rings is 2. The van der Waals surface area contributed by atoms with Gasteiger partial charge in [0.25, 0.3) is 0 Å². The van der Waals surface area contributed by atoms with Gasteiger partial charge in [-0.3, -0.25) is 4.79 Å². The molecule has 0 saturated carbocycles. The van der Waals surface area contributed by atoms with Crippen LogP contribution in [0.5, 0.6) is 5.75 Å². The van der Waals surface area contributed by atoms with E-state index in [0.717, 1.165) is 25.8 Å². The number of nitrogens with one attached hydrogen (secondary N) is 1. The molecule has 0 radical (unpaired) electrons. The van der Waals surface area contributed by atoms with Gasteiger partial charge in [0.1, 0.15) is 29.8 Å². The third kappa shape index (κ3) is 9.50. The number of ether oxygens (including phenoxy) is 1. The Morgan fingerprint density at radius 1 is 1.14 bits per heavy atom. The second-order valence-corrected chi connectivity index (χ2v) is 10.6. The molecule has 190 valence electrons. The van der Waals surface area contributed by atoms with Crippen LogP contribution in [0, 0.1) is 5.82 Å². The number of sulfone groups is 1. The van der Waals surface area contributed by atoms with Crippen molar-refractivity contribution in [3.8, 4) is 5.75 Å². The molecule has 3 aromatic rings. The molecule has 9 heteroatoms. The van der Waals surface area contributed by atoms with Crippen LogP contribution in [0.3, 0.4) is 0 Å². The van der Waals surface area contributed by atoms with Crippen LogP contribution in [-0.2, 0) is 33.4 Å². The summed E-state index contributed by atoms with van der Waals surface area (Å²) in [5.41, 5.74) is 2.30. The minimum absolute atomic E-state index is 0.0513. The van der Waals surface area contributed by atoms with Crippen LogP contribution in [-0.4, -0.2) is 36.7 Å². The maximum Gasteiger partial charge on any atom is 0.248 e. The molecule has 1 heterocycles. The zero-order valence-electron chi connectivity index (χ0n) is 20.2. The normalized spacial score (nSPS) is 11.5. The minimum atomic E-state index is -3.11. The number of nitrogens with zero attached hydrogens (tertiary/aromatic N) is 2. The summed E-state index contributed by atoms with van der Waals surface area (Å²) in [6.07, 6.45) is 10.3. The first-order valence-corrected chi connectivity index (χ1v) is 13.6. The van der Waals surface area contributed by atoms with Gasteiger partial charge in [0, 0.05) is 37.0 Å². The van der Waals surface area contributed by atoms with E-state index < -0.39 is 9.84 Å². The summed E-state index contributed by atoms with van der Waals surface area (Å²) in [6, 6.07) is 13.6. The summed E-state index contributed by atoms with van der Waals surface area (Å²) in [5, 5.41) is 2.65. The number of halogens is 1. The van der Waals surface area contributed by atoms with Crippen molar-refractivity contribution in [3.05, 3.63) is 102 Å². The fourth-order valence-electron chi connectivity index (χ4n) is 3.45. The highest BCUT2D eigenvalue weighted by molar-refractivity contribution is 7.89. The third-order valence-corrected chi connectivity index (χ3v) is 6.02. The Kier molecular flexibility index (Phi) is 9.58. The predicted molar refractivity (Wildman–Crippen MR) is 138 cm³/mol. The average Bonchev–Trinajstić information content (AvgIpc) is 3.26. The molecule has 36 heavy (non-hydrogen) atoms. The molecular weight excluding hydrogens is 481 g/mol. The third-order valence-electron chi connectivity index (χ3n) is 5.24. The van der Waals surface area contributed by atoms with E-state index >= 15 is 0 Å². The Hall–Kier alpha value is -3.72. The maximum atomic E-state index is 12.9. The van der Waals surface area contributed by atoms with Crippen molar-refractivity contribution < 1.29 is 22.3 Å². The van der Waals surface area contributed by atoms with Gasteiger partial charge >= 0.3 is 0 Å². The summed E-state index contributed by atoms with van der Waals surface area (Å²) in [6.45, 7) is 4.67. The Morgan fingerprint density at radius 2 is 1.86 bits per heavy atom. The number of imidazole rings is 1. The van der Waals surface area contributed by atoms with Gasteiger partial charge in [-0.25, -0.2) is 17.8 Å². The molecule has 0 aliphatic heterocycles. The molecule has 7 nitrogen and oxygen atoms in total. The van der Waals surface area contributed by atoms with Gasteiger partial charge in [-0.15, -0.1) is 0 Å². The lowest BCUT2D eigenvalue weighted by atomic mass is 10.1. The van der Waals surface area contributed by atoms with Crippen molar-refractivity contribution in [2.75, 3.05) is 12.9 Å². The molecule has 0 aliphatic rings. The van der Waals surface area contributed by atoms with Crippen molar-refractivity contribution in [2.24, 2.45) is 0 Å². The van der Waals surface area contributed by atoms with Crippen LogP contribution >= 0.6 is 0 Å². The number of rotatable bonds is 13. The molecule has 0 atom stereocenters. The Balaban J connectivity index is 1.36. The number of aryl methyl sites for hydroxylation is 2. The fraction of sp³-hybridized carbons (Fsp3) is 0.259. The molecule has 0 spiro atoms. The summed E-state index contributed by atoms with van der Waals surface area (Å²) in [4.78, 5) is 16.2. The van der Waals surface area contributed by atoms with Gasteiger partial charge in [-0.2, -0.15) is 0 Å². The zero-order valence-corrected chi connectivity index (χ0v) is 21.0. The second kappa shape index (κ2) is 12.8. The molecule has 0 saturated heterocycles. The molecule has 1 N–H and O–H groups in total. The molecule has 0 fully saturated rings. The first-order chi connectivity index (χ1) is 17.2. The van der Waals surface area contributed by atoms with Crippen molar-refractivity contribution in [3.63, 3.8) is 0 Å². The lowest BCUT2D eigenvalue weighted by molar-refractivity contribution is -0.115. The number of carbonyl (C=O) groups is 1. The fourth-order valence-corrected chi connectivity index (χ4v) is 4.16. The first-order valence-electron chi connectivity index (χ1n) is 11.5. The van der Waals surface area contributed by atoms with Crippen LogP contribution in [0.2, 0.25) is 0 Å². The lowest BCUT2D eigenvalue weighted by Crippen LogP contribution is -2.23. The lowest BCUT2D eigenvalue weighted by Gasteiger charge is -2.10. The van der Waals surface area contributed by atoms with E-state index in [2.05, 4.69) is 16.9 Å². The van der Waals surface area contributed by atoms with Crippen LogP contribution in [0.1, 0.15) is 29.8 Å². The molecule has 0 bridgehead atoms. The molecular formula is C27H30FN3O4S. The minimum Gasteiger partial charge on any atom is -0.487 e. The van der Waals surface area contributed by atoms with Gasteiger partial charge in [0.2, 0.25) is 5.91 Å². The summed E-state index contributed by atoms with van der Waals surface area (Å²) in [5.74, 6) is 0.510. The number of aromatic nitrogens is 2. The van der Waals surface area contributed by atoms with Crippen molar-refractivity contribution in [2.45, 2.75) is 31.6 Å². The topological polar surface area (TPSA) is 90.3 Å². The summed E-state index contributed by atoms with van der Waals surface area (Å²) < 4.78 is 43.5. The number of unbranched alkanes of at least 4 members (excludes halogenated alkanes) is 1. The number of amides is 1. The quantitative estimate of drug-likeness (QED) is 0.273. The van der Waals surface area contributed by atoms with Crippen LogP contribution < -0.4 is 10.1 Å². The van der Waals surface area contributed by atoms with E-state index in [1.54, 1.807) is 24.4 Å². The Labute approximate surface area is 211 Å². The highest BCUT2D eigenvalue weighted by Crippen LogP contribution is 2.15. The first kappa shape index (κ1) is 26.9. The SMILES string of the molecule is C=C(COc1ccc(CCCCn2ccnc2CS(C)(=O)=O)cc1)NC(=O)/C=C/c1ccc(F)cc1. The average molecular weight is 512 g/mol. The van der Waals surface area contributed by atoms with Crippen LogP contribution in [0.15, 0.2) is 79.3 Å². The van der Waals surface area contributed by atoms with Gasteiger partial charge in [0.05, 0.1) is 0 Å². The van der Waals surface area contributed by atoms with E-state index in [1.807, 2.05) is 35.0 Å². The Bertz CT molecular complexity index is 1300. The van der Waals surface area contributed by atoms with E-state index in [4.69, 9.17) is 4.74 Å². The van der Waals surface area contributed by atoms with Crippen molar-refractivity contribution in [1.29, 1.82) is 0 Å². The highest BCUT2D eigenvalue weighted by atomic mass is 32.2. The zero-order chi connectivity index (χ0) is 26.0. The Morgan fingerprint density at radius 3 is 2.56 bits per heavy atom. The molecule has 0 aliphatic carbocycles. The summed E-state index contributed by atoms with van der Waals surface area (Å²) in [7, 11) is -3.11. The van der Waals surface area contributed by atoms with E-state index in [-0.39, 0.29) is 24.1 Å². The number of hydrogen-bond acceptors (Lipinski definition) is 5. The molecule has 2 aromatic carbocycles. The van der Waals surface area contributed by atoms with E-state index in [0.29, 0.717) is 22.8 Å². The van der Waals surface area contributed by atoms with Crippen molar-refractivity contribution >= 4 is 21.8 Å². The summed E-state index contributed by atoms with van der Waals surface area (Å²) >= 11 is 0. The van der Waals surface area contributed by atoms with Gasteiger partial charge in [-0.05, 0) is 60.7 Å².